The van der Waals surface area contributed by atoms with Crippen molar-refractivity contribution in [3.8, 4) is 57.1 Å². The summed E-state index contributed by atoms with van der Waals surface area (Å²) in [4.78, 5) is 140. The number of primary amides is 1. The average Bonchev–Trinajstić information content (AvgIpc) is 0.776. The van der Waals surface area contributed by atoms with Crippen molar-refractivity contribution in [2.45, 2.75) is 169 Å². The van der Waals surface area contributed by atoms with Crippen molar-refractivity contribution in [2.24, 2.45) is 11.7 Å². The fourth-order valence-electron chi connectivity index (χ4n) is 15.3. The molecule has 0 aliphatic carbocycles. The van der Waals surface area contributed by atoms with Gasteiger partial charge in [-0.2, -0.15) is 13.2 Å². The van der Waals surface area contributed by atoms with Gasteiger partial charge in [-0.3, -0.25) is 48.0 Å². The maximum Gasteiger partial charge on any atom is 0.416 e. The second-order valence-electron chi connectivity index (χ2n) is 32.0. The highest BCUT2D eigenvalue weighted by atomic mass is 35.5. The van der Waals surface area contributed by atoms with Crippen LogP contribution in [0.3, 0.4) is 0 Å². The molecule has 684 valence electrons. The van der Waals surface area contributed by atoms with Crippen LogP contribution in [0, 0.1) is 5.92 Å². The third kappa shape index (κ3) is 21.4. The maximum absolute atomic E-state index is 16.4. The molecule has 2 saturated heterocycles. The summed E-state index contributed by atoms with van der Waals surface area (Å²) in [5.41, 5.74) is 3.10. The number of aliphatic hydroxyl groups is 6. The number of ether oxygens (including phenoxy) is 6. The van der Waals surface area contributed by atoms with Crippen LogP contribution in [0.5, 0.6) is 46.0 Å². The number of fused-ring (bicyclic) bond motifs is 15. The monoisotopic (exact) mass is 1820 g/mol. The average molecular weight is 1820 g/mol. The predicted molar refractivity (Wildman–Crippen MR) is 449 cm³/mol. The van der Waals surface area contributed by atoms with Gasteiger partial charge < -0.3 is 133 Å². The summed E-state index contributed by atoms with van der Waals surface area (Å²) in [6.07, 6.45) is -23.4. The smallest absolute Gasteiger partial charge is 0.416 e. The quantitative estimate of drug-likeness (QED) is 0.0254. The summed E-state index contributed by atoms with van der Waals surface area (Å²) in [7, 11) is 4.49. The Morgan fingerprint density at radius 1 is 0.734 bits per heavy atom. The molecular weight excluding hydrogens is 1730 g/mol. The van der Waals surface area contributed by atoms with Crippen molar-refractivity contribution in [3.05, 3.63) is 189 Å². The third-order valence-corrected chi connectivity index (χ3v) is 22.6. The Bertz CT molecular complexity index is 5430. The molecule has 0 radical (unpaired) electrons. The summed E-state index contributed by atoms with van der Waals surface area (Å²) >= 11 is 14.4. The van der Waals surface area contributed by atoms with Gasteiger partial charge in [0.1, 0.15) is 95.5 Å². The number of aromatic hydroxyl groups is 3. The van der Waals surface area contributed by atoms with Gasteiger partial charge in [-0.1, -0.05) is 73.5 Å². The number of amides is 9. The number of carbonyl (C=O) groups is 9. The van der Waals surface area contributed by atoms with Crippen LogP contribution in [-0.4, -0.2) is 212 Å². The SMILES string of the molecule is C=CCONC(=O)[C@@H]1NC(=O)[C@H]2NC(=O)[C@H](NC(=O)[C@@H]3NC(=O)[C@H](CC(N)=O)NC(=O)[C@H](NC(=O)[C@@H](CC(C)C)NC)[C@H](O)c4ccc(c(Cl)c4)Oc4cc3cc(c4O[C@@H]3O[C@H](CO)[C@@H](O)[C@H](O)[C@H]3O[C@H]3C[C@](C)(NCc4cccc(NC(=O)c5cc(N(C)C)cc(C(F)(F)F)c5)c4)[C@H](O)[C@H](C)O3)Oc3ccc(cc3Cl)[C@H]2O)c2ccc(O)c(c2)-c2c(O)cc(O)cc21. The predicted octanol–water partition coefficient (Wildman–Crippen LogP) is 4.42. The van der Waals surface area contributed by atoms with E-state index in [0.717, 1.165) is 78.9 Å². The van der Waals surface area contributed by atoms with E-state index < -0.39 is 265 Å². The minimum absolute atomic E-state index is 0.0759. The van der Waals surface area contributed by atoms with Gasteiger partial charge in [-0.15, -0.1) is 6.58 Å². The molecule has 7 aromatic rings. The van der Waals surface area contributed by atoms with Gasteiger partial charge in [0.25, 0.3) is 11.8 Å². The first-order valence-electron chi connectivity index (χ1n) is 40.1. The van der Waals surface area contributed by atoms with E-state index in [-0.39, 0.29) is 65.5 Å². The van der Waals surface area contributed by atoms with E-state index in [1.807, 2.05) is 0 Å². The van der Waals surface area contributed by atoms with Gasteiger partial charge in [-0.05, 0) is 152 Å². The van der Waals surface area contributed by atoms with Gasteiger partial charge in [0, 0.05) is 66.7 Å². The molecule has 7 heterocycles. The summed E-state index contributed by atoms with van der Waals surface area (Å²) in [6, 6.07) is 8.42. The Kier molecular flexibility index (Phi) is 29.5. The molecule has 0 saturated carbocycles. The van der Waals surface area contributed by atoms with E-state index in [9.17, 15) is 78.3 Å². The number of rotatable bonds is 22. The highest BCUT2D eigenvalue weighted by Gasteiger charge is 2.53. The summed E-state index contributed by atoms with van der Waals surface area (Å²) < 4.78 is 81.6. The zero-order valence-electron chi connectivity index (χ0n) is 69.4. The van der Waals surface area contributed by atoms with E-state index in [4.69, 9.17) is 62.2 Å². The van der Waals surface area contributed by atoms with Crippen molar-refractivity contribution >= 4 is 87.7 Å². The number of halogens is 5. The molecule has 7 aliphatic rings. The fraction of sp³-hybridized carbons (Fsp3) is 0.384. The second-order valence-corrected chi connectivity index (χ2v) is 32.8. The number of hydrogen-bond donors (Lipinski definition) is 20. The Balaban J connectivity index is 1.01. The lowest BCUT2D eigenvalue weighted by molar-refractivity contribution is -0.334. The highest BCUT2D eigenvalue weighted by molar-refractivity contribution is 6.32. The Hall–Kier alpha value is -12.0. The Morgan fingerprint density at radius 3 is 2.01 bits per heavy atom. The summed E-state index contributed by atoms with van der Waals surface area (Å²) in [5.74, 6) is -16.6. The second kappa shape index (κ2) is 39.7. The minimum atomic E-state index is -4.79. The maximum atomic E-state index is 16.4. The number of nitrogens with zero attached hydrogens (tertiary/aromatic N) is 1. The van der Waals surface area contributed by atoms with Crippen LogP contribution in [0.25, 0.3) is 11.1 Å². The zero-order chi connectivity index (χ0) is 93.0. The van der Waals surface area contributed by atoms with Crippen molar-refractivity contribution < 1.29 is 136 Å². The number of carbonyl (C=O) groups excluding carboxylic acids is 9. The molecule has 0 unspecified atom stereocenters. The molecule has 128 heavy (non-hydrogen) atoms. The van der Waals surface area contributed by atoms with Crippen molar-refractivity contribution in [3.63, 3.8) is 0 Å². The first-order chi connectivity index (χ1) is 60.5. The number of nitrogens with one attached hydrogen (secondary N) is 10. The number of alkyl halides is 3. The summed E-state index contributed by atoms with van der Waals surface area (Å²) in [5, 5.41) is 130. The zero-order valence-corrected chi connectivity index (χ0v) is 70.9. The van der Waals surface area contributed by atoms with E-state index in [0.29, 0.717) is 5.56 Å². The number of phenolic OH excluding ortho intramolecular Hbond substituents is 3. The van der Waals surface area contributed by atoms with Crippen LogP contribution in [0.4, 0.5) is 24.5 Å². The molecule has 42 heteroatoms. The number of likely N-dealkylation sites (N-methyl/N-ethyl adjacent to an activating group) is 1. The first-order valence-corrected chi connectivity index (χ1v) is 40.8. The van der Waals surface area contributed by atoms with Crippen LogP contribution in [0.1, 0.15) is 127 Å². The van der Waals surface area contributed by atoms with Crippen LogP contribution in [0.2, 0.25) is 10.0 Å². The van der Waals surface area contributed by atoms with Crippen LogP contribution < -0.4 is 78.2 Å². The molecule has 2 fully saturated rings. The van der Waals surface area contributed by atoms with Gasteiger partial charge in [0.05, 0.1) is 53.5 Å². The number of nitrogens with two attached hydrogens (primary N) is 1. The van der Waals surface area contributed by atoms with Crippen molar-refractivity contribution in [1.29, 1.82) is 0 Å². The highest BCUT2D eigenvalue weighted by Crippen LogP contribution is 2.50. The van der Waals surface area contributed by atoms with E-state index in [1.54, 1.807) is 32.9 Å². The number of hydroxylamine groups is 1. The number of aliphatic hydroxyl groups excluding tert-OH is 6. The molecule has 18 atom stereocenters. The lowest BCUT2D eigenvalue weighted by Gasteiger charge is -2.48. The van der Waals surface area contributed by atoms with E-state index >= 15 is 24.0 Å². The van der Waals surface area contributed by atoms with Gasteiger partial charge in [0.15, 0.2) is 23.9 Å². The van der Waals surface area contributed by atoms with E-state index in [2.05, 4.69) is 59.9 Å². The van der Waals surface area contributed by atoms with Crippen LogP contribution in [0.15, 0.2) is 134 Å². The Labute approximate surface area is 738 Å². The standard InChI is InChI=1S/C86H95Cl2F3N12O25/c1-9-19-122-102-83(121)66-49-30-47(105)31-55(107)63(49)48-24-39(13-16-54(48)106)64-79(117)101-68(82(120)99-66)70(110)41-15-18-57(51(88)26-41)125-59-28-42-27-58(124-56-17-14-40(25-50(56)87)69(109)67(100-77(115)52(93-6)20-36(2)3)81(119)96-53(32-61(92)108)78(116)97-65(42)80(118)98-64)73(59)128-84-74(72(112)71(111)60(35-104)126-84)127-62-33-85(5,75(113)37(4)123-62)94-34-38-11-10-12-45(21-38)95-76(114)43-22-44(86(89,90)91)29-46(23-43)103(7)8/h9-18,21-31,36-37,52-53,60,62,64-72,74-75,84,93-94,104-107,109-113H,1,19-20,32-35H2,2-8H3,(H2,92,108)(H,95,114)(H,96,119)(H,97,116)(H,98,118)(H,99,120)(H,100,115)(H,101,117)(H,102,121)/t37-,52+,53-,60+,62-,64+,65+,66+,67+,68-,69+,70+,71+,72-,74+,75+,84-,85-/m0/s1. The molecular formula is C86H95Cl2F3N12O25. The molecule has 0 aromatic heterocycles. The van der Waals surface area contributed by atoms with Gasteiger partial charge in [0.2, 0.25) is 53.4 Å². The summed E-state index contributed by atoms with van der Waals surface area (Å²) in [6.45, 7) is 8.79. The van der Waals surface area contributed by atoms with Crippen LogP contribution >= 0.6 is 23.2 Å². The molecule has 9 amide bonds. The molecule has 11 bridgehead atoms. The topological polar surface area (TPSA) is 550 Å². The van der Waals surface area contributed by atoms with E-state index in [1.165, 1.54) is 69.4 Å². The molecule has 0 spiro atoms. The molecule has 7 aromatic carbocycles. The number of hydrogen-bond acceptors (Lipinski definition) is 28. The normalized spacial score (nSPS) is 25.7. The number of anilines is 2. The third-order valence-electron chi connectivity index (χ3n) is 22.0. The largest absolute Gasteiger partial charge is 0.508 e. The van der Waals surface area contributed by atoms with Gasteiger partial charge in [-0.25, -0.2) is 5.48 Å². The van der Waals surface area contributed by atoms with Crippen molar-refractivity contribution in [1.82, 2.24) is 48.0 Å². The molecule has 7 aliphatic heterocycles. The molecule has 37 nitrogen and oxygen atoms in total. The fourth-order valence-corrected chi connectivity index (χ4v) is 15.8. The lowest BCUT2D eigenvalue weighted by atomic mass is 9.84. The minimum Gasteiger partial charge on any atom is -0.508 e. The molecule has 14 rings (SSSR count). The van der Waals surface area contributed by atoms with Crippen LogP contribution in [-0.2, 0) is 70.1 Å². The van der Waals surface area contributed by atoms with Gasteiger partial charge >= 0.3 is 6.18 Å². The lowest BCUT2D eigenvalue weighted by Crippen LogP contribution is -2.65. The first kappa shape index (κ1) is 95.1. The number of benzene rings is 7. The Morgan fingerprint density at radius 2 is 1.38 bits per heavy atom. The number of phenols is 3. The van der Waals surface area contributed by atoms with Crippen molar-refractivity contribution in [2.75, 3.05) is 44.6 Å². The molecule has 21 N–H and O–H groups in total.